The Hall–Kier alpha value is -1.85. The van der Waals surface area contributed by atoms with Crippen LogP contribution in [-0.4, -0.2) is 4.98 Å². The van der Waals surface area contributed by atoms with Crippen LogP contribution in [0.4, 0.5) is 0 Å². The van der Waals surface area contributed by atoms with E-state index in [1.54, 1.807) is 6.20 Å². The zero-order valence-electron chi connectivity index (χ0n) is 10.8. The second-order valence-corrected chi connectivity index (χ2v) is 5.38. The molecular weight excluding hydrogens is 320 g/mol. The van der Waals surface area contributed by atoms with Crippen LogP contribution in [-0.2, 0) is 4.84 Å². The first-order valence-corrected chi connectivity index (χ1v) is 6.99. The van der Waals surface area contributed by atoms with E-state index in [4.69, 9.17) is 9.57 Å². The molecule has 2 aromatic rings. The van der Waals surface area contributed by atoms with Crippen molar-refractivity contribution in [1.82, 2.24) is 10.5 Å². The van der Waals surface area contributed by atoms with Gasteiger partial charge in [0.1, 0.15) is 11.9 Å². The van der Waals surface area contributed by atoms with Crippen LogP contribution in [0.15, 0.2) is 59.0 Å². The Morgan fingerprint density at radius 1 is 1.20 bits per heavy atom. The number of ether oxygens (including phenoxy) is 1. The molecule has 20 heavy (non-hydrogen) atoms. The van der Waals surface area contributed by atoms with Crippen molar-refractivity contribution < 1.29 is 9.57 Å². The van der Waals surface area contributed by atoms with Gasteiger partial charge in [-0.2, -0.15) is 0 Å². The number of rotatable bonds is 3. The highest BCUT2D eigenvalue weighted by atomic mass is 79.9. The van der Waals surface area contributed by atoms with Crippen LogP contribution in [0.1, 0.15) is 17.4 Å². The maximum atomic E-state index is 5.66. The van der Waals surface area contributed by atoms with Crippen LogP contribution in [0.3, 0.4) is 0 Å². The summed E-state index contributed by atoms with van der Waals surface area (Å²) < 4.78 is 6.70. The summed E-state index contributed by atoms with van der Waals surface area (Å²) in [7, 11) is 0. The van der Waals surface area contributed by atoms with Gasteiger partial charge in [0.2, 0.25) is 5.88 Å². The van der Waals surface area contributed by atoms with Gasteiger partial charge in [0.05, 0.1) is 6.20 Å². The second-order valence-electron chi connectivity index (χ2n) is 4.46. The van der Waals surface area contributed by atoms with Gasteiger partial charge in [0, 0.05) is 16.2 Å². The number of hydroxylamine groups is 1. The number of pyridine rings is 1. The number of hydrogen-bond donors (Lipinski definition) is 1. The van der Waals surface area contributed by atoms with Crippen molar-refractivity contribution in [2.45, 2.75) is 13.0 Å². The number of aryl methyl sites for hydroxylation is 1. The van der Waals surface area contributed by atoms with Crippen molar-refractivity contribution in [3.8, 4) is 5.75 Å². The number of aromatic nitrogens is 1. The second kappa shape index (κ2) is 5.64. The van der Waals surface area contributed by atoms with E-state index in [9.17, 15) is 0 Å². The molecule has 0 saturated heterocycles. The Kier molecular flexibility index (Phi) is 3.71. The van der Waals surface area contributed by atoms with Crippen molar-refractivity contribution in [3.05, 3.63) is 70.3 Å². The molecule has 1 aromatic carbocycles. The summed E-state index contributed by atoms with van der Waals surface area (Å²) >= 11 is 3.41. The summed E-state index contributed by atoms with van der Waals surface area (Å²) in [6, 6.07) is 11.7. The molecule has 1 N–H and O–H groups in total. The number of benzene rings is 1. The smallest absolute Gasteiger partial charge is 0.216 e. The average molecular weight is 333 g/mol. The third kappa shape index (κ3) is 3.00. The van der Waals surface area contributed by atoms with E-state index in [1.807, 2.05) is 49.4 Å². The first-order valence-electron chi connectivity index (χ1n) is 6.20. The molecule has 4 nitrogen and oxygen atoms in total. The van der Waals surface area contributed by atoms with Crippen molar-refractivity contribution in [2.24, 2.45) is 0 Å². The predicted molar refractivity (Wildman–Crippen MR) is 78.8 cm³/mol. The lowest BCUT2D eigenvalue weighted by molar-refractivity contribution is 0.0273. The molecule has 0 unspecified atom stereocenters. The summed E-state index contributed by atoms with van der Waals surface area (Å²) in [5, 5.41) is 0. The minimum Gasteiger partial charge on any atom is -0.438 e. The predicted octanol–water partition coefficient (Wildman–Crippen LogP) is 3.65. The van der Waals surface area contributed by atoms with Gasteiger partial charge in [0.25, 0.3) is 0 Å². The van der Waals surface area contributed by atoms with Gasteiger partial charge in [-0.3, -0.25) is 9.82 Å². The fourth-order valence-electron chi connectivity index (χ4n) is 1.84. The first kappa shape index (κ1) is 13.1. The molecule has 0 spiro atoms. The van der Waals surface area contributed by atoms with Crippen LogP contribution in [0.2, 0.25) is 0 Å². The molecule has 102 valence electrons. The minimum atomic E-state index is -0.156. The Morgan fingerprint density at radius 2 is 2.00 bits per heavy atom. The standard InChI is InChI=1S/C15H13BrN2O2/c1-10-2-7-13(9-17-10)19-15-8-14(20-18-15)11-3-5-12(16)6-4-11/h2-9,14,18H,1H3/t14-/m0/s1. The molecule has 0 bridgehead atoms. The van der Waals surface area contributed by atoms with E-state index >= 15 is 0 Å². The Labute approximate surface area is 125 Å². The monoisotopic (exact) mass is 332 g/mol. The molecule has 0 fully saturated rings. The summed E-state index contributed by atoms with van der Waals surface area (Å²) in [4.78, 5) is 9.67. The third-order valence-electron chi connectivity index (χ3n) is 2.90. The summed E-state index contributed by atoms with van der Waals surface area (Å²) in [6.45, 7) is 1.93. The third-order valence-corrected chi connectivity index (χ3v) is 3.43. The lowest BCUT2D eigenvalue weighted by atomic mass is 10.1. The van der Waals surface area contributed by atoms with Gasteiger partial charge in [-0.1, -0.05) is 28.1 Å². The molecular formula is C15H13BrN2O2. The van der Waals surface area contributed by atoms with E-state index in [1.165, 1.54) is 0 Å². The van der Waals surface area contributed by atoms with E-state index in [0.29, 0.717) is 11.6 Å². The minimum absolute atomic E-state index is 0.156. The van der Waals surface area contributed by atoms with E-state index in [2.05, 4.69) is 26.4 Å². The lowest BCUT2D eigenvalue weighted by Crippen LogP contribution is -2.12. The Bertz CT molecular complexity index is 623. The van der Waals surface area contributed by atoms with Crippen LogP contribution in [0.5, 0.6) is 5.75 Å². The fraction of sp³-hybridized carbons (Fsp3) is 0.133. The van der Waals surface area contributed by atoms with Crippen molar-refractivity contribution >= 4 is 15.9 Å². The van der Waals surface area contributed by atoms with E-state index in [0.717, 1.165) is 15.7 Å². The highest BCUT2D eigenvalue weighted by Gasteiger charge is 2.19. The Balaban J connectivity index is 1.71. The highest BCUT2D eigenvalue weighted by molar-refractivity contribution is 9.10. The molecule has 1 aromatic heterocycles. The topological polar surface area (TPSA) is 43.4 Å². The zero-order chi connectivity index (χ0) is 13.9. The molecule has 0 radical (unpaired) electrons. The molecule has 0 aliphatic carbocycles. The quantitative estimate of drug-likeness (QED) is 0.931. The van der Waals surface area contributed by atoms with Crippen LogP contribution < -0.4 is 10.2 Å². The number of nitrogens with one attached hydrogen (secondary N) is 1. The van der Waals surface area contributed by atoms with Crippen molar-refractivity contribution in [1.29, 1.82) is 0 Å². The maximum absolute atomic E-state index is 5.66. The largest absolute Gasteiger partial charge is 0.438 e. The number of nitrogens with zero attached hydrogens (tertiary/aromatic N) is 1. The average Bonchev–Trinajstić information content (AvgIpc) is 2.91. The van der Waals surface area contributed by atoms with Crippen molar-refractivity contribution in [2.75, 3.05) is 0 Å². The molecule has 0 amide bonds. The van der Waals surface area contributed by atoms with Gasteiger partial charge < -0.3 is 4.74 Å². The van der Waals surface area contributed by atoms with Gasteiger partial charge in [-0.15, -0.1) is 0 Å². The maximum Gasteiger partial charge on any atom is 0.216 e. The van der Waals surface area contributed by atoms with Crippen molar-refractivity contribution in [3.63, 3.8) is 0 Å². The molecule has 1 aliphatic heterocycles. The van der Waals surface area contributed by atoms with Gasteiger partial charge in [0.15, 0.2) is 0 Å². The zero-order valence-corrected chi connectivity index (χ0v) is 12.4. The van der Waals surface area contributed by atoms with Crippen LogP contribution in [0.25, 0.3) is 0 Å². The summed E-state index contributed by atoms with van der Waals surface area (Å²) in [5.41, 5.74) is 4.79. The summed E-state index contributed by atoms with van der Waals surface area (Å²) in [6.07, 6.45) is 3.42. The normalized spacial score (nSPS) is 17.5. The number of halogens is 1. The SMILES string of the molecule is Cc1ccc(OC2=C[C@@H](c3ccc(Br)cc3)ON2)cn1. The molecule has 3 rings (SSSR count). The molecule has 1 atom stereocenters. The van der Waals surface area contributed by atoms with Crippen LogP contribution in [0, 0.1) is 6.92 Å². The molecule has 0 saturated carbocycles. The van der Waals surface area contributed by atoms with E-state index in [-0.39, 0.29) is 6.10 Å². The fourth-order valence-corrected chi connectivity index (χ4v) is 2.10. The number of hydrogen-bond acceptors (Lipinski definition) is 4. The van der Waals surface area contributed by atoms with Gasteiger partial charge in [-0.25, -0.2) is 5.48 Å². The van der Waals surface area contributed by atoms with Gasteiger partial charge >= 0.3 is 0 Å². The molecule has 5 heteroatoms. The highest BCUT2D eigenvalue weighted by Crippen LogP contribution is 2.26. The van der Waals surface area contributed by atoms with Crippen LogP contribution >= 0.6 is 15.9 Å². The first-order chi connectivity index (χ1) is 9.70. The van der Waals surface area contributed by atoms with E-state index < -0.39 is 0 Å². The molecule has 1 aliphatic rings. The summed E-state index contributed by atoms with van der Waals surface area (Å²) in [5.74, 6) is 1.25. The lowest BCUT2D eigenvalue weighted by Gasteiger charge is -2.07. The molecule has 2 heterocycles. The van der Waals surface area contributed by atoms with Gasteiger partial charge in [-0.05, 0) is 36.8 Å². The Morgan fingerprint density at radius 3 is 2.70 bits per heavy atom.